The first-order chi connectivity index (χ1) is 14.0. The normalized spacial score (nSPS) is 18.0. The molecule has 148 valence electrons. The Balaban J connectivity index is 1.89. The van der Waals surface area contributed by atoms with Crippen LogP contribution in [0.1, 0.15) is 11.1 Å². The summed E-state index contributed by atoms with van der Waals surface area (Å²) in [6.45, 7) is 2.25. The van der Waals surface area contributed by atoms with Gasteiger partial charge in [-0.15, -0.1) is 0 Å². The number of nitro benzene ring substituents is 1. The van der Waals surface area contributed by atoms with Crippen LogP contribution in [0.25, 0.3) is 0 Å². The fourth-order valence-corrected chi connectivity index (χ4v) is 3.19. The number of fused-ring (bicyclic) bond motifs is 1. The molecule has 2 aromatic rings. The van der Waals surface area contributed by atoms with Gasteiger partial charge in [-0.05, 0) is 18.2 Å². The largest absolute Gasteiger partial charge is 0.378 e. The average Bonchev–Trinajstić information content (AvgIpc) is 2.85. The summed E-state index contributed by atoms with van der Waals surface area (Å²) in [6, 6.07) is 9.99. The van der Waals surface area contributed by atoms with Crippen LogP contribution < -0.4 is 5.32 Å². The Hall–Kier alpha value is -3.59. The number of carbonyl (C=O) groups is 1. The van der Waals surface area contributed by atoms with Gasteiger partial charge in [0, 0.05) is 42.5 Å². The SMILES string of the molecule is O=C1Nc2ccc([N+](=O)[O-])cc2C(c2ccccc2F)=NC1=CN1CCOCC1. The Morgan fingerprint density at radius 2 is 1.93 bits per heavy atom. The van der Waals surface area contributed by atoms with Crippen molar-refractivity contribution in [2.24, 2.45) is 4.99 Å². The van der Waals surface area contributed by atoms with Gasteiger partial charge in [-0.2, -0.15) is 0 Å². The number of benzene rings is 2. The number of morpholine rings is 1. The molecular weight excluding hydrogens is 379 g/mol. The molecule has 0 atom stereocenters. The summed E-state index contributed by atoms with van der Waals surface area (Å²) >= 11 is 0. The van der Waals surface area contributed by atoms with Crippen molar-refractivity contribution >= 4 is 23.0 Å². The molecule has 0 unspecified atom stereocenters. The molecule has 1 saturated heterocycles. The number of amides is 1. The van der Waals surface area contributed by atoms with Crippen LogP contribution in [0.15, 0.2) is 59.4 Å². The zero-order chi connectivity index (χ0) is 20.4. The maximum atomic E-state index is 14.6. The van der Waals surface area contributed by atoms with Crippen LogP contribution in [0.4, 0.5) is 15.8 Å². The van der Waals surface area contributed by atoms with Gasteiger partial charge in [0.1, 0.15) is 11.5 Å². The van der Waals surface area contributed by atoms with E-state index in [-0.39, 0.29) is 28.2 Å². The highest BCUT2D eigenvalue weighted by Crippen LogP contribution is 2.29. The zero-order valence-electron chi connectivity index (χ0n) is 15.3. The number of non-ortho nitro benzene ring substituents is 1. The first-order valence-electron chi connectivity index (χ1n) is 9.00. The van der Waals surface area contributed by atoms with Crippen molar-refractivity contribution in [3.05, 3.63) is 81.4 Å². The Morgan fingerprint density at radius 1 is 1.17 bits per heavy atom. The molecule has 0 spiro atoms. The quantitative estimate of drug-likeness (QED) is 0.489. The number of anilines is 1. The summed E-state index contributed by atoms with van der Waals surface area (Å²) in [7, 11) is 0. The molecule has 1 N–H and O–H groups in total. The van der Waals surface area contributed by atoms with E-state index in [0.717, 1.165) is 0 Å². The number of hydrogen-bond donors (Lipinski definition) is 1. The van der Waals surface area contributed by atoms with Gasteiger partial charge in [0.05, 0.1) is 29.5 Å². The predicted octanol–water partition coefficient (Wildman–Crippen LogP) is 2.70. The molecule has 0 radical (unpaired) electrons. The Kier molecular flexibility index (Phi) is 5.05. The number of rotatable bonds is 3. The van der Waals surface area contributed by atoms with E-state index in [1.807, 2.05) is 4.90 Å². The van der Waals surface area contributed by atoms with Gasteiger partial charge in [-0.1, -0.05) is 12.1 Å². The van der Waals surface area contributed by atoms with Gasteiger partial charge in [-0.3, -0.25) is 14.9 Å². The highest BCUT2D eigenvalue weighted by Gasteiger charge is 2.26. The van der Waals surface area contributed by atoms with Gasteiger partial charge >= 0.3 is 0 Å². The van der Waals surface area contributed by atoms with Crippen molar-refractivity contribution in [2.75, 3.05) is 31.6 Å². The summed E-state index contributed by atoms with van der Waals surface area (Å²) in [5.74, 6) is -1.01. The predicted molar refractivity (Wildman–Crippen MR) is 104 cm³/mol. The van der Waals surface area contributed by atoms with E-state index in [1.165, 1.54) is 30.3 Å². The van der Waals surface area contributed by atoms with Gasteiger partial charge in [0.15, 0.2) is 0 Å². The lowest BCUT2D eigenvalue weighted by molar-refractivity contribution is -0.384. The van der Waals surface area contributed by atoms with Crippen LogP contribution in [-0.4, -0.2) is 47.7 Å². The van der Waals surface area contributed by atoms with E-state index in [2.05, 4.69) is 10.3 Å². The summed E-state index contributed by atoms with van der Waals surface area (Å²) < 4.78 is 19.9. The van der Waals surface area contributed by atoms with Crippen molar-refractivity contribution in [2.45, 2.75) is 0 Å². The van der Waals surface area contributed by atoms with Crippen LogP contribution in [0.3, 0.4) is 0 Å². The van der Waals surface area contributed by atoms with Crippen LogP contribution >= 0.6 is 0 Å². The lowest BCUT2D eigenvalue weighted by Gasteiger charge is -2.25. The molecular formula is C20H17FN4O4. The monoisotopic (exact) mass is 396 g/mol. The smallest absolute Gasteiger partial charge is 0.275 e. The molecule has 8 nitrogen and oxygen atoms in total. The summed E-state index contributed by atoms with van der Waals surface area (Å²) in [6.07, 6.45) is 1.61. The van der Waals surface area contributed by atoms with E-state index in [0.29, 0.717) is 32.0 Å². The molecule has 4 rings (SSSR count). The molecule has 2 aliphatic heterocycles. The Morgan fingerprint density at radius 3 is 2.66 bits per heavy atom. The number of halogens is 1. The minimum atomic E-state index is -0.545. The fraction of sp³-hybridized carbons (Fsp3) is 0.200. The van der Waals surface area contributed by atoms with Crippen LogP contribution in [0, 0.1) is 15.9 Å². The van der Waals surface area contributed by atoms with E-state index in [1.54, 1.807) is 18.3 Å². The van der Waals surface area contributed by atoms with Gasteiger partial charge < -0.3 is 15.0 Å². The van der Waals surface area contributed by atoms with E-state index >= 15 is 0 Å². The van der Waals surface area contributed by atoms with Gasteiger partial charge in [0.2, 0.25) is 0 Å². The van der Waals surface area contributed by atoms with E-state index in [9.17, 15) is 19.3 Å². The van der Waals surface area contributed by atoms with E-state index < -0.39 is 16.6 Å². The van der Waals surface area contributed by atoms with Crippen molar-refractivity contribution < 1.29 is 18.8 Å². The number of ether oxygens (including phenoxy) is 1. The molecule has 2 aromatic carbocycles. The molecule has 0 aromatic heterocycles. The second kappa shape index (κ2) is 7.80. The molecule has 9 heteroatoms. The van der Waals surface area contributed by atoms with Crippen LogP contribution in [0.2, 0.25) is 0 Å². The first-order valence-corrected chi connectivity index (χ1v) is 9.00. The average molecular weight is 396 g/mol. The summed E-state index contributed by atoms with van der Waals surface area (Å²) in [5, 5.41) is 14.0. The molecule has 1 amide bonds. The second-order valence-corrected chi connectivity index (χ2v) is 6.54. The minimum absolute atomic E-state index is 0.0870. The molecule has 0 saturated carbocycles. The van der Waals surface area contributed by atoms with Gasteiger partial charge in [0.25, 0.3) is 11.6 Å². The molecule has 2 heterocycles. The molecule has 2 aliphatic rings. The molecule has 0 bridgehead atoms. The zero-order valence-corrected chi connectivity index (χ0v) is 15.3. The number of aliphatic imine (C=N–C) groups is 1. The summed E-state index contributed by atoms with van der Waals surface area (Å²) in [4.78, 5) is 29.8. The summed E-state index contributed by atoms with van der Waals surface area (Å²) in [5.41, 5.74) is 0.820. The third-order valence-corrected chi connectivity index (χ3v) is 4.66. The molecule has 29 heavy (non-hydrogen) atoms. The number of nitrogens with zero attached hydrogens (tertiary/aromatic N) is 3. The minimum Gasteiger partial charge on any atom is -0.378 e. The fourth-order valence-electron chi connectivity index (χ4n) is 3.19. The number of benzodiazepines with no additional fused rings is 1. The molecule has 1 fully saturated rings. The topological polar surface area (TPSA) is 97.1 Å². The van der Waals surface area contributed by atoms with Crippen molar-refractivity contribution in [3.63, 3.8) is 0 Å². The van der Waals surface area contributed by atoms with E-state index in [4.69, 9.17) is 4.74 Å². The number of hydrogen-bond acceptors (Lipinski definition) is 6. The van der Waals surface area contributed by atoms with Crippen LogP contribution in [-0.2, 0) is 9.53 Å². The number of carbonyl (C=O) groups excluding carboxylic acids is 1. The Labute approximate surface area is 165 Å². The standard InChI is InChI=1S/C20H17FN4O4/c21-16-4-2-1-3-14(16)19-15-11-13(25(27)28)5-6-17(15)23-20(26)18(22-19)12-24-7-9-29-10-8-24/h1-6,11-12H,7-10H2,(H,23,26). The highest BCUT2D eigenvalue weighted by molar-refractivity contribution is 6.22. The first kappa shape index (κ1) is 18.8. The highest BCUT2D eigenvalue weighted by atomic mass is 19.1. The van der Waals surface area contributed by atoms with Crippen molar-refractivity contribution in [1.29, 1.82) is 0 Å². The third kappa shape index (κ3) is 3.85. The number of nitro groups is 1. The van der Waals surface area contributed by atoms with Crippen molar-refractivity contribution in [3.8, 4) is 0 Å². The van der Waals surface area contributed by atoms with Gasteiger partial charge in [-0.25, -0.2) is 9.38 Å². The second-order valence-electron chi connectivity index (χ2n) is 6.54. The lowest BCUT2D eigenvalue weighted by atomic mass is 9.99. The van der Waals surface area contributed by atoms with Crippen molar-refractivity contribution in [1.82, 2.24) is 4.90 Å². The maximum absolute atomic E-state index is 14.6. The maximum Gasteiger partial charge on any atom is 0.275 e. The Bertz CT molecular complexity index is 1040. The van der Waals surface area contributed by atoms with Crippen LogP contribution in [0.5, 0.6) is 0 Å². The number of nitrogens with one attached hydrogen (secondary N) is 1. The molecule has 0 aliphatic carbocycles. The lowest BCUT2D eigenvalue weighted by Crippen LogP contribution is -2.33. The third-order valence-electron chi connectivity index (χ3n) is 4.66.